The molecule has 6 heteroatoms. The lowest BCUT2D eigenvalue weighted by Gasteiger charge is -2.03. The van der Waals surface area contributed by atoms with Crippen molar-refractivity contribution in [1.82, 2.24) is 9.78 Å². The topological polar surface area (TPSA) is 53.1 Å². The SMILES string of the molecule is COc1ccc(Cn2cc3c(Br)cc(F)c(N)c3n2)cc1. The summed E-state index contributed by atoms with van der Waals surface area (Å²) in [7, 11) is 1.63. The first-order valence-electron chi connectivity index (χ1n) is 6.32. The van der Waals surface area contributed by atoms with Crippen LogP contribution in [0.4, 0.5) is 10.1 Å². The van der Waals surface area contributed by atoms with Gasteiger partial charge in [0.25, 0.3) is 0 Å². The van der Waals surface area contributed by atoms with Gasteiger partial charge in [-0.25, -0.2) is 4.39 Å². The molecule has 0 saturated heterocycles. The highest BCUT2D eigenvalue weighted by molar-refractivity contribution is 9.10. The van der Waals surface area contributed by atoms with E-state index in [1.165, 1.54) is 6.07 Å². The molecule has 0 aliphatic rings. The van der Waals surface area contributed by atoms with E-state index in [1.54, 1.807) is 11.8 Å². The molecular formula is C15H13BrFN3O. The van der Waals surface area contributed by atoms with Crippen LogP contribution in [0.25, 0.3) is 10.9 Å². The molecule has 21 heavy (non-hydrogen) atoms. The number of nitrogens with two attached hydrogens (primary N) is 1. The largest absolute Gasteiger partial charge is 0.497 e. The van der Waals surface area contributed by atoms with E-state index >= 15 is 0 Å². The third kappa shape index (κ3) is 2.58. The van der Waals surface area contributed by atoms with Crippen molar-refractivity contribution < 1.29 is 9.13 Å². The second-order valence-corrected chi connectivity index (χ2v) is 5.55. The Morgan fingerprint density at radius 2 is 2.05 bits per heavy atom. The fourth-order valence-corrected chi connectivity index (χ4v) is 2.67. The van der Waals surface area contributed by atoms with E-state index in [9.17, 15) is 4.39 Å². The Bertz CT molecular complexity index is 799. The van der Waals surface area contributed by atoms with Crippen LogP contribution in [0.2, 0.25) is 0 Å². The van der Waals surface area contributed by atoms with E-state index in [0.29, 0.717) is 16.5 Å². The lowest BCUT2D eigenvalue weighted by atomic mass is 10.2. The molecule has 1 aromatic heterocycles. The van der Waals surface area contributed by atoms with E-state index < -0.39 is 5.82 Å². The summed E-state index contributed by atoms with van der Waals surface area (Å²) in [6, 6.07) is 9.07. The second-order valence-electron chi connectivity index (χ2n) is 4.69. The molecule has 0 unspecified atom stereocenters. The molecule has 0 aliphatic heterocycles. The highest BCUT2D eigenvalue weighted by atomic mass is 79.9. The molecule has 0 bridgehead atoms. The predicted molar refractivity (Wildman–Crippen MR) is 83.9 cm³/mol. The predicted octanol–water partition coefficient (Wildman–Crippen LogP) is 3.58. The van der Waals surface area contributed by atoms with Gasteiger partial charge in [-0.05, 0) is 39.7 Å². The van der Waals surface area contributed by atoms with E-state index in [-0.39, 0.29) is 5.69 Å². The summed E-state index contributed by atoms with van der Waals surface area (Å²) >= 11 is 3.33. The highest BCUT2D eigenvalue weighted by Gasteiger charge is 2.12. The number of nitrogens with zero attached hydrogens (tertiary/aromatic N) is 2. The molecule has 108 valence electrons. The summed E-state index contributed by atoms with van der Waals surface area (Å²) < 4.78 is 21.1. The molecule has 0 saturated carbocycles. The monoisotopic (exact) mass is 349 g/mol. The minimum absolute atomic E-state index is 0.0710. The number of aromatic nitrogens is 2. The van der Waals surface area contributed by atoms with Crippen molar-refractivity contribution in [3.63, 3.8) is 0 Å². The number of methoxy groups -OCH3 is 1. The zero-order valence-electron chi connectivity index (χ0n) is 11.3. The van der Waals surface area contributed by atoms with Crippen LogP contribution in [0.5, 0.6) is 5.75 Å². The molecule has 0 aliphatic carbocycles. The van der Waals surface area contributed by atoms with Crippen molar-refractivity contribution in [2.75, 3.05) is 12.8 Å². The van der Waals surface area contributed by atoms with E-state index in [4.69, 9.17) is 10.5 Å². The maximum Gasteiger partial charge on any atom is 0.149 e. The van der Waals surface area contributed by atoms with Crippen LogP contribution >= 0.6 is 15.9 Å². The number of benzene rings is 2. The Morgan fingerprint density at radius 3 is 2.71 bits per heavy atom. The molecule has 3 aromatic rings. The first-order chi connectivity index (χ1) is 10.1. The van der Waals surface area contributed by atoms with Gasteiger partial charge in [0.15, 0.2) is 0 Å². The number of ether oxygens (including phenoxy) is 1. The lowest BCUT2D eigenvalue weighted by molar-refractivity contribution is 0.414. The number of nitrogen functional groups attached to an aromatic ring is 1. The van der Waals surface area contributed by atoms with Crippen LogP contribution in [-0.2, 0) is 6.54 Å². The van der Waals surface area contributed by atoms with Gasteiger partial charge in [0, 0.05) is 16.1 Å². The summed E-state index contributed by atoms with van der Waals surface area (Å²) in [5, 5.41) is 5.16. The first kappa shape index (κ1) is 13.9. The Kier molecular flexibility index (Phi) is 3.55. The van der Waals surface area contributed by atoms with Crippen LogP contribution in [0, 0.1) is 5.82 Å². The minimum atomic E-state index is -0.468. The van der Waals surface area contributed by atoms with Crippen molar-refractivity contribution in [1.29, 1.82) is 0 Å². The molecule has 0 fully saturated rings. The normalized spacial score (nSPS) is 11.0. The molecule has 2 aromatic carbocycles. The molecule has 1 heterocycles. The van der Waals surface area contributed by atoms with Crippen LogP contribution in [0.3, 0.4) is 0 Å². The van der Waals surface area contributed by atoms with E-state index in [0.717, 1.165) is 16.7 Å². The fourth-order valence-electron chi connectivity index (χ4n) is 2.17. The summed E-state index contributed by atoms with van der Waals surface area (Å²) in [5.41, 5.74) is 7.35. The Labute approximate surface area is 129 Å². The quantitative estimate of drug-likeness (QED) is 0.735. The summed E-state index contributed by atoms with van der Waals surface area (Å²) in [6.07, 6.45) is 1.85. The number of rotatable bonds is 3. The summed E-state index contributed by atoms with van der Waals surface area (Å²) in [4.78, 5) is 0. The van der Waals surface area contributed by atoms with Crippen LogP contribution in [0.1, 0.15) is 5.56 Å². The van der Waals surface area contributed by atoms with Gasteiger partial charge in [0.1, 0.15) is 17.1 Å². The van der Waals surface area contributed by atoms with Crippen LogP contribution < -0.4 is 10.5 Å². The molecule has 0 amide bonds. The minimum Gasteiger partial charge on any atom is -0.497 e. The Balaban J connectivity index is 1.97. The van der Waals surface area contributed by atoms with Crippen LogP contribution in [0.15, 0.2) is 41.0 Å². The van der Waals surface area contributed by atoms with Gasteiger partial charge in [-0.15, -0.1) is 0 Å². The Morgan fingerprint density at radius 1 is 1.33 bits per heavy atom. The van der Waals surface area contributed by atoms with Gasteiger partial charge in [-0.2, -0.15) is 5.10 Å². The Hall–Kier alpha value is -2.08. The standard InChI is InChI=1S/C15H13BrFN3O/c1-21-10-4-2-9(3-5-10)7-20-8-11-12(16)6-13(17)14(18)15(11)19-20/h2-6,8H,7,18H2,1H3. The van der Waals surface area contributed by atoms with Crippen LogP contribution in [-0.4, -0.2) is 16.9 Å². The second kappa shape index (κ2) is 5.37. The summed E-state index contributed by atoms with van der Waals surface area (Å²) in [5.74, 6) is 0.336. The van der Waals surface area contributed by atoms with Crippen molar-refractivity contribution in [3.8, 4) is 5.75 Å². The molecule has 0 spiro atoms. The molecule has 0 atom stereocenters. The van der Waals surface area contributed by atoms with Crippen molar-refractivity contribution in [3.05, 3.63) is 52.4 Å². The average Bonchev–Trinajstić information content (AvgIpc) is 2.90. The molecule has 0 radical (unpaired) electrons. The molecular weight excluding hydrogens is 337 g/mol. The zero-order chi connectivity index (χ0) is 15.0. The molecule has 3 rings (SSSR count). The van der Waals surface area contributed by atoms with Gasteiger partial charge >= 0.3 is 0 Å². The number of hydrogen-bond donors (Lipinski definition) is 1. The fraction of sp³-hybridized carbons (Fsp3) is 0.133. The van der Waals surface area contributed by atoms with Gasteiger partial charge in [0.2, 0.25) is 0 Å². The smallest absolute Gasteiger partial charge is 0.149 e. The number of anilines is 1. The number of fused-ring (bicyclic) bond motifs is 1. The van der Waals surface area contributed by atoms with Gasteiger partial charge in [-0.3, -0.25) is 4.68 Å². The average molecular weight is 350 g/mol. The van der Waals surface area contributed by atoms with Crippen molar-refractivity contribution in [2.24, 2.45) is 0 Å². The highest BCUT2D eigenvalue weighted by Crippen LogP contribution is 2.30. The first-order valence-corrected chi connectivity index (χ1v) is 7.11. The third-order valence-corrected chi connectivity index (χ3v) is 3.94. The maximum atomic E-state index is 13.6. The van der Waals surface area contributed by atoms with Gasteiger partial charge < -0.3 is 10.5 Å². The van der Waals surface area contributed by atoms with Crippen molar-refractivity contribution >= 4 is 32.5 Å². The number of halogens is 2. The lowest BCUT2D eigenvalue weighted by Crippen LogP contribution is -2.00. The maximum absolute atomic E-state index is 13.6. The number of hydrogen-bond acceptors (Lipinski definition) is 3. The van der Waals surface area contributed by atoms with E-state index in [2.05, 4.69) is 21.0 Å². The zero-order valence-corrected chi connectivity index (χ0v) is 12.9. The molecule has 4 nitrogen and oxygen atoms in total. The van der Waals surface area contributed by atoms with Gasteiger partial charge in [-0.1, -0.05) is 12.1 Å². The molecule has 2 N–H and O–H groups in total. The van der Waals surface area contributed by atoms with Crippen molar-refractivity contribution in [2.45, 2.75) is 6.54 Å². The van der Waals surface area contributed by atoms with E-state index in [1.807, 2.05) is 30.5 Å². The third-order valence-electron chi connectivity index (χ3n) is 3.29. The van der Waals surface area contributed by atoms with Gasteiger partial charge in [0.05, 0.1) is 19.3 Å². The summed E-state index contributed by atoms with van der Waals surface area (Å²) in [6.45, 7) is 0.576.